The highest BCUT2D eigenvalue weighted by Gasteiger charge is 2.43. The van der Waals surface area contributed by atoms with Crippen molar-refractivity contribution in [3.8, 4) is 0 Å². The van der Waals surface area contributed by atoms with Crippen molar-refractivity contribution in [1.29, 1.82) is 0 Å². The Morgan fingerprint density at radius 2 is 1.92 bits per heavy atom. The van der Waals surface area contributed by atoms with Gasteiger partial charge in [-0.1, -0.05) is 0 Å². The number of ether oxygens (including phenoxy) is 2. The van der Waals surface area contributed by atoms with Gasteiger partial charge in [-0.15, -0.1) is 0 Å². The summed E-state index contributed by atoms with van der Waals surface area (Å²) in [5, 5.41) is 27.8. The first kappa shape index (κ1) is 10.8. The largest absolute Gasteiger partial charge is 0.387 e. The van der Waals surface area contributed by atoms with Crippen LogP contribution in [0.25, 0.3) is 0 Å². The van der Waals surface area contributed by atoms with E-state index in [-0.39, 0.29) is 6.54 Å². The third kappa shape index (κ3) is 1.98. The molecule has 0 radical (unpaired) electrons. The minimum absolute atomic E-state index is 0.110. The number of aliphatic hydroxyl groups is 3. The van der Waals surface area contributed by atoms with Gasteiger partial charge in [-0.2, -0.15) is 0 Å². The van der Waals surface area contributed by atoms with Gasteiger partial charge in [0.15, 0.2) is 6.29 Å². The Hall–Kier alpha value is -0.240. The Bertz CT molecular complexity index is 165. The zero-order chi connectivity index (χ0) is 10.0. The fourth-order valence-electron chi connectivity index (χ4n) is 1.40. The van der Waals surface area contributed by atoms with Crippen LogP contribution in [0.1, 0.15) is 0 Å². The van der Waals surface area contributed by atoms with Crippen LogP contribution in [-0.2, 0) is 9.47 Å². The number of rotatable bonds is 2. The van der Waals surface area contributed by atoms with Gasteiger partial charge in [0.1, 0.15) is 24.4 Å². The van der Waals surface area contributed by atoms with Crippen LogP contribution in [0.5, 0.6) is 0 Å². The molecule has 0 aromatic carbocycles. The number of methoxy groups -OCH3 is 1. The summed E-state index contributed by atoms with van der Waals surface area (Å²) in [5.74, 6) is 0. The molecule has 1 aliphatic rings. The van der Waals surface area contributed by atoms with Crippen LogP contribution in [0.2, 0.25) is 0 Å². The molecule has 6 heteroatoms. The van der Waals surface area contributed by atoms with E-state index in [9.17, 15) is 10.2 Å². The molecule has 0 bridgehead atoms. The topological polar surface area (TPSA) is 105 Å². The molecule has 0 aliphatic carbocycles. The van der Waals surface area contributed by atoms with Crippen molar-refractivity contribution in [2.75, 3.05) is 13.7 Å². The van der Waals surface area contributed by atoms with Gasteiger partial charge < -0.3 is 30.5 Å². The number of hydrogen-bond acceptors (Lipinski definition) is 6. The second-order valence-corrected chi connectivity index (χ2v) is 2.98. The summed E-state index contributed by atoms with van der Waals surface area (Å²) >= 11 is 0. The maximum Gasteiger partial charge on any atom is 0.184 e. The van der Waals surface area contributed by atoms with Crippen molar-refractivity contribution in [2.24, 2.45) is 5.73 Å². The minimum Gasteiger partial charge on any atom is -0.387 e. The van der Waals surface area contributed by atoms with Crippen molar-refractivity contribution in [2.45, 2.75) is 30.7 Å². The fraction of sp³-hybridized carbons (Fsp3) is 1.00. The SMILES string of the molecule is CO[C@@H]1C(CN)OC(O)[C@@H](O)[C@H]1O. The maximum absolute atomic E-state index is 9.44. The molecule has 0 saturated carbocycles. The summed E-state index contributed by atoms with van der Waals surface area (Å²) in [6.45, 7) is 0.110. The zero-order valence-corrected chi connectivity index (χ0v) is 7.33. The summed E-state index contributed by atoms with van der Waals surface area (Å²) in [7, 11) is 1.38. The highest BCUT2D eigenvalue weighted by molar-refractivity contribution is 4.89. The molecule has 1 fully saturated rings. The van der Waals surface area contributed by atoms with Crippen LogP contribution in [0.15, 0.2) is 0 Å². The molecule has 1 aliphatic heterocycles. The van der Waals surface area contributed by atoms with Crippen LogP contribution >= 0.6 is 0 Å². The van der Waals surface area contributed by atoms with E-state index >= 15 is 0 Å². The first-order chi connectivity index (χ1) is 6.11. The van der Waals surface area contributed by atoms with Crippen LogP contribution in [0.4, 0.5) is 0 Å². The van der Waals surface area contributed by atoms with Crippen molar-refractivity contribution in [1.82, 2.24) is 0 Å². The normalized spacial score (nSPS) is 46.4. The Labute approximate surface area is 75.9 Å². The lowest BCUT2D eigenvalue weighted by molar-refractivity contribution is -0.283. The lowest BCUT2D eigenvalue weighted by Crippen LogP contribution is -2.59. The van der Waals surface area contributed by atoms with E-state index in [1.807, 2.05) is 0 Å². The number of nitrogens with two attached hydrogens (primary N) is 1. The molecular formula is C7H15NO5. The summed E-state index contributed by atoms with van der Waals surface area (Å²) in [4.78, 5) is 0. The van der Waals surface area contributed by atoms with Crippen molar-refractivity contribution >= 4 is 0 Å². The van der Waals surface area contributed by atoms with E-state index in [4.69, 9.17) is 20.3 Å². The summed E-state index contributed by atoms with van der Waals surface area (Å²) in [6.07, 6.45) is -5.24. The summed E-state index contributed by atoms with van der Waals surface area (Å²) in [5.41, 5.74) is 5.33. The van der Waals surface area contributed by atoms with Crippen LogP contribution in [-0.4, -0.2) is 59.7 Å². The van der Waals surface area contributed by atoms with E-state index < -0.39 is 30.7 Å². The first-order valence-corrected chi connectivity index (χ1v) is 4.04. The van der Waals surface area contributed by atoms with Gasteiger partial charge in [-0.25, -0.2) is 0 Å². The maximum atomic E-state index is 9.44. The first-order valence-electron chi connectivity index (χ1n) is 4.04. The third-order valence-electron chi connectivity index (χ3n) is 2.16. The minimum atomic E-state index is -1.41. The van der Waals surface area contributed by atoms with Crippen LogP contribution < -0.4 is 5.73 Å². The smallest absolute Gasteiger partial charge is 0.184 e. The molecule has 0 amide bonds. The molecule has 13 heavy (non-hydrogen) atoms. The average molecular weight is 193 g/mol. The van der Waals surface area contributed by atoms with Crippen LogP contribution in [0.3, 0.4) is 0 Å². The molecule has 0 spiro atoms. The van der Waals surface area contributed by atoms with E-state index in [0.717, 1.165) is 0 Å². The van der Waals surface area contributed by atoms with E-state index in [1.54, 1.807) is 0 Å². The average Bonchev–Trinajstić information content (AvgIpc) is 2.13. The molecule has 5 N–H and O–H groups in total. The van der Waals surface area contributed by atoms with Gasteiger partial charge in [0, 0.05) is 13.7 Å². The Morgan fingerprint density at radius 3 is 2.38 bits per heavy atom. The zero-order valence-electron chi connectivity index (χ0n) is 7.33. The highest BCUT2D eigenvalue weighted by Crippen LogP contribution is 2.20. The Morgan fingerprint density at radius 1 is 1.31 bits per heavy atom. The quantitative estimate of drug-likeness (QED) is 0.383. The monoisotopic (exact) mass is 193 g/mol. The highest BCUT2D eigenvalue weighted by atomic mass is 16.6. The molecule has 1 saturated heterocycles. The number of hydrogen-bond donors (Lipinski definition) is 4. The standard InChI is InChI=1S/C7H15NO5/c1-12-6-3(2-8)13-7(11)5(10)4(6)9/h3-7,9-11H,2,8H2,1H3/t3?,4-,5+,6-,7?/m1/s1. The van der Waals surface area contributed by atoms with Crippen LogP contribution in [0, 0.1) is 0 Å². The fourth-order valence-corrected chi connectivity index (χ4v) is 1.40. The Kier molecular flexibility index (Phi) is 3.60. The lowest BCUT2D eigenvalue weighted by atomic mass is 9.99. The van der Waals surface area contributed by atoms with E-state index in [2.05, 4.69) is 0 Å². The number of aliphatic hydroxyl groups excluding tert-OH is 3. The second kappa shape index (κ2) is 4.32. The van der Waals surface area contributed by atoms with Gasteiger partial charge in [-0.3, -0.25) is 0 Å². The molecule has 1 rings (SSSR count). The molecule has 5 atom stereocenters. The molecule has 2 unspecified atom stereocenters. The van der Waals surface area contributed by atoms with Gasteiger partial charge in [-0.05, 0) is 0 Å². The van der Waals surface area contributed by atoms with E-state index in [1.165, 1.54) is 7.11 Å². The van der Waals surface area contributed by atoms with Gasteiger partial charge in [0.05, 0.1) is 0 Å². The summed E-state index contributed by atoms with van der Waals surface area (Å²) < 4.78 is 9.82. The van der Waals surface area contributed by atoms with E-state index in [0.29, 0.717) is 0 Å². The Balaban J connectivity index is 2.69. The van der Waals surface area contributed by atoms with Gasteiger partial charge in [0.2, 0.25) is 0 Å². The second-order valence-electron chi connectivity index (χ2n) is 2.98. The van der Waals surface area contributed by atoms with Crippen molar-refractivity contribution in [3.63, 3.8) is 0 Å². The van der Waals surface area contributed by atoms with Gasteiger partial charge in [0.25, 0.3) is 0 Å². The van der Waals surface area contributed by atoms with Gasteiger partial charge >= 0.3 is 0 Å². The predicted molar refractivity (Wildman–Crippen MR) is 42.7 cm³/mol. The third-order valence-corrected chi connectivity index (χ3v) is 2.16. The molecule has 0 aromatic rings. The molecule has 1 heterocycles. The summed E-state index contributed by atoms with van der Waals surface area (Å²) in [6, 6.07) is 0. The van der Waals surface area contributed by atoms with Crippen molar-refractivity contribution in [3.05, 3.63) is 0 Å². The predicted octanol–water partition coefficient (Wildman–Crippen LogP) is -2.60. The molecule has 6 nitrogen and oxygen atoms in total. The lowest BCUT2D eigenvalue weighted by Gasteiger charge is -2.39. The molecule has 0 aromatic heterocycles. The molecular weight excluding hydrogens is 178 g/mol. The molecule has 78 valence electrons. The van der Waals surface area contributed by atoms with Crippen molar-refractivity contribution < 1.29 is 24.8 Å².